The van der Waals surface area contributed by atoms with Crippen LogP contribution in [0.2, 0.25) is 0 Å². The number of aliphatic hydroxyl groups is 1. The molecule has 0 aromatic heterocycles. The van der Waals surface area contributed by atoms with Crippen LogP contribution in [0.5, 0.6) is 0 Å². The van der Waals surface area contributed by atoms with Crippen LogP contribution in [0, 0.1) is 5.92 Å². The largest absolute Gasteiger partial charge is 0.395 e. The molecule has 1 fully saturated rings. The number of hydrogen-bond donors (Lipinski definition) is 2. The zero-order valence-corrected chi connectivity index (χ0v) is 6.23. The van der Waals surface area contributed by atoms with Crippen molar-refractivity contribution in [3.05, 3.63) is 0 Å². The van der Waals surface area contributed by atoms with Gasteiger partial charge in [0, 0.05) is 6.04 Å². The smallest absolute Gasteiger partial charge is 0.0585 e. The van der Waals surface area contributed by atoms with Crippen molar-refractivity contribution in [1.82, 2.24) is 0 Å². The summed E-state index contributed by atoms with van der Waals surface area (Å²) in [5.41, 5.74) is 5.53. The number of nitrogens with two attached hydrogens (primary N) is 1. The second kappa shape index (κ2) is 4.09. The molecule has 1 aliphatic rings. The van der Waals surface area contributed by atoms with Gasteiger partial charge in [-0.2, -0.15) is 0 Å². The van der Waals surface area contributed by atoms with E-state index < -0.39 is 0 Å². The monoisotopic (exact) mass is 151 g/mol. The van der Waals surface area contributed by atoms with Gasteiger partial charge < -0.3 is 10.8 Å². The van der Waals surface area contributed by atoms with E-state index in [-0.39, 0.29) is 25.1 Å². The first-order valence-corrected chi connectivity index (χ1v) is 3.21. The maximum Gasteiger partial charge on any atom is 0.0585 e. The van der Waals surface area contributed by atoms with Crippen molar-refractivity contribution in [3.63, 3.8) is 0 Å². The lowest BCUT2D eigenvalue weighted by Crippen LogP contribution is -2.37. The van der Waals surface area contributed by atoms with Gasteiger partial charge in [-0.25, -0.2) is 0 Å². The molecule has 0 bridgehead atoms. The molecule has 56 valence electrons. The summed E-state index contributed by atoms with van der Waals surface area (Å²) in [5, 5.41) is 8.55. The molecule has 0 aromatic carbocycles. The van der Waals surface area contributed by atoms with Crippen LogP contribution >= 0.6 is 12.4 Å². The van der Waals surface area contributed by atoms with Crippen LogP contribution in [0.1, 0.15) is 19.3 Å². The molecule has 1 rings (SSSR count). The number of rotatable bonds is 2. The van der Waals surface area contributed by atoms with Gasteiger partial charge in [-0.1, -0.05) is 6.42 Å². The molecule has 0 aliphatic heterocycles. The maximum absolute atomic E-state index is 8.55. The highest BCUT2D eigenvalue weighted by molar-refractivity contribution is 5.85. The van der Waals surface area contributed by atoms with Crippen LogP contribution in [-0.4, -0.2) is 17.8 Å². The molecule has 1 saturated carbocycles. The fraction of sp³-hybridized carbons (Fsp3) is 1.00. The first-order valence-electron chi connectivity index (χ1n) is 3.21. The van der Waals surface area contributed by atoms with Crippen molar-refractivity contribution < 1.29 is 5.11 Å². The highest BCUT2D eigenvalue weighted by Gasteiger charge is 2.23. The van der Waals surface area contributed by atoms with Crippen molar-refractivity contribution in [1.29, 1.82) is 0 Å². The molecule has 9 heavy (non-hydrogen) atoms. The Kier molecular flexibility index (Phi) is 4.19. The van der Waals surface area contributed by atoms with E-state index in [9.17, 15) is 0 Å². The number of hydrogen-bond acceptors (Lipinski definition) is 2. The topological polar surface area (TPSA) is 46.2 Å². The lowest BCUT2D eigenvalue weighted by atomic mass is 9.80. The van der Waals surface area contributed by atoms with Crippen LogP contribution in [-0.2, 0) is 0 Å². The van der Waals surface area contributed by atoms with Gasteiger partial charge in [0.15, 0.2) is 0 Å². The van der Waals surface area contributed by atoms with Gasteiger partial charge >= 0.3 is 0 Å². The van der Waals surface area contributed by atoms with Crippen LogP contribution < -0.4 is 5.73 Å². The zero-order chi connectivity index (χ0) is 5.98. The molecule has 0 unspecified atom stereocenters. The van der Waals surface area contributed by atoms with E-state index in [0.29, 0.717) is 5.92 Å². The fourth-order valence-electron chi connectivity index (χ4n) is 1.02. The van der Waals surface area contributed by atoms with Gasteiger partial charge in [0.1, 0.15) is 0 Å². The van der Waals surface area contributed by atoms with E-state index in [2.05, 4.69) is 0 Å². The predicted octanol–water partition coefficient (Wildman–Crippen LogP) is 0.528. The van der Waals surface area contributed by atoms with Gasteiger partial charge in [-0.15, -0.1) is 12.4 Å². The molecule has 0 amide bonds. The number of halogens is 1. The molecule has 3 N–H and O–H groups in total. The molecule has 2 nitrogen and oxygen atoms in total. The summed E-state index contributed by atoms with van der Waals surface area (Å²) < 4.78 is 0. The van der Waals surface area contributed by atoms with Crippen molar-refractivity contribution in [2.45, 2.75) is 25.3 Å². The Bertz CT molecular complexity index is 72.7. The minimum absolute atomic E-state index is 0. The molecule has 0 radical (unpaired) electrons. The maximum atomic E-state index is 8.55. The quantitative estimate of drug-likeness (QED) is 0.605. The Hall–Kier alpha value is 0.210. The zero-order valence-electron chi connectivity index (χ0n) is 5.42. The lowest BCUT2D eigenvalue weighted by molar-refractivity contribution is 0.175. The van der Waals surface area contributed by atoms with Gasteiger partial charge in [0.2, 0.25) is 0 Å². The SMILES string of the molecule is Cl.N[C@@H](CO)C1CCC1. The third-order valence-corrected chi connectivity index (χ3v) is 1.97. The minimum Gasteiger partial charge on any atom is -0.395 e. The third kappa shape index (κ3) is 2.12. The first-order chi connectivity index (χ1) is 3.84. The molecule has 1 atom stereocenters. The normalized spacial score (nSPS) is 22.0. The van der Waals surface area contributed by atoms with Gasteiger partial charge in [0.05, 0.1) is 6.61 Å². The van der Waals surface area contributed by atoms with E-state index in [0.717, 1.165) is 0 Å². The van der Waals surface area contributed by atoms with Gasteiger partial charge in [0.25, 0.3) is 0 Å². The summed E-state index contributed by atoms with van der Waals surface area (Å²) >= 11 is 0. The number of aliphatic hydroxyl groups excluding tert-OH is 1. The molecule has 0 heterocycles. The second-order valence-corrected chi connectivity index (χ2v) is 2.54. The molecule has 0 spiro atoms. The Morgan fingerprint density at radius 2 is 2.11 bits per heavy atom. The Morgan fingerprint density at radius 1 is 1.56 bits per heavy atom. The highest BCUT2D eigenvalue weighted by atomic mass is 35.5. The second-order valence-electron chi connectivity index (χ2n) is 2.54. The average molecular weight is 152 g/mol. The van der Waals surface area contributed by atoms with Gasteiger partial charge in [-0.3, -0.25) is 0 Å². The van der Waals surface area contributed by atoms with Crippen LogP contribution in [0.3, 0.4) is 0 Å². The summed E-state index contributed by atoms with van der Waals surface area (Å²) in [6.07, 6.45) is 3.75. The van der Waals surface area contributed by atoms with E-state index in [1.165, 1.54) is 19.3 Å². The Balaban J connectivity index is 0.000000640. The Morgan fingerprint density at radius 3 is 2.22 bits per heavy atom. The predicted molar refractivity (Wildman–Crippen MR) is 39.7 cm³/mol. The molecular weight excluding hydrogens is 138 g/mol. The summed E-state index contributed by atoms with van der Waals surface area (Å²) in [6, 6.07) is 0.0590. The molecule has 0 saturated heterocycles. The van der Waals surface area contributed by atoms with Crippen molar-refractivity contribution in [2.75, 3.05) is 6.61 Å². The first kappa shape index (κ1) is 9.21. The standard InChI is InChI=1S/C6H13NO.ClH/c7-6(4-8)5-2-1-3-5;/h5-6,8H,1-4,7H2;1H/t6-;/m0./s1. The van der Waals surface area contributed by atoms with Crippen LogP contribution in [0.15, 0.2) is 0 Å². The summed E-state index contributed by atoms with van der Waals surface area (Å²) in [5.74, 6) is 0.625. The summed E-state index contributed by atoms with van der Waals surface area (Å²) in [6.45, 7) is 0.157. The summed E-state index contributed by atoms with van der Waals surface area (Å²) in [4.78, 5) is 0. The Labute approximate surface area is 61.8 Å². The molecular formula is C6H14ClNO. The molecule has 1 aliphatic carbocycles. The van der Waals surface area contributed by atoms with E-state index >= 15 is 0 Å². The summed E-state index contributed by atoms with van der Waals surface area (Å²) in [7, 11) is 0. The van der Waals surface area contributed by atoms with Crippen LogP contribution in [0.4, 0.5) is 0 Å². The van der Waals surface area contributed by atoms with Crippen molar-refractivity contribution in [2.24, 2.45) is 11.7 Å². The van der Waals surface area contributed by atoms with Crippen molar-refractivity contribution >= 4 is 12.4 Å². The average Bonchev–Trinajstić information content (AvgIpc) is 1.62. The van der Waals surface area contributed by atoms with Crippen molar-refractivity contribution in [3.8, 4) is 0 Å². The highest BCUT2D eigenvalue weighted by Crippen LogP contribution is 2.28. The molecule has 0 aromatic rings. The van der Waals surface area contributed by atoms with E-state index in [1.807, 2.05) is 0 Å². The minimum atomic E-state index is 0. The van der Waals surface area contributed by atoms with E-state index in [4.69, 9.17) is 10.8 Å². The lowest BCUT2D eigenvalue weighted by Gasteiger charge is -2.29. The van der Waals surface area contributed by atoms with Crippen LogP contribution in [0.25, 0.3) is 0 Å². The van der Waals surface area contributed by atoms with E-state index in [1.54, 1.807) is 0 Å². The third-order valence-electron chi connectivity index (χ3n) is 1.97. The molecule has 3 heteroatoms. The fourth-order valence-corrected chi connectivity index (χ4v) is 1.02. The van der Waals surface area contributed by atoms with Gasteiger partial charge in [-0.05, 0) is 18.8 Å².